The van der Waals surface area contributed by atoms with E-state index in [0.29, 0.717) is 6.42 Å². The van der Waals surface area contributed by atoms with E-state index in [-0.39, 0.29) is 73.4 Å². The molecule has 1 N–H and O–H groups in total. The van der Waals surface area contributed by atoms with Gasteiger partial charge in [0.15, 0.2) is 23.1 Å². The van der Waals surface area contributed by atoms with Crippen molar-refractivity contribution in [3.8, 4) is 0 Å². The predicted octanol–water partition coefficient (Wildman–Crippen LogP) is 1.87. The van der Waals surface area contributed by atoms with Crippen molar-refractivity contribution in [3.63, 3.8) is 0 Å². The number of carbonyl (C=O) groups is 6. The largest absolute Gasteiger partial charge is 0.381 e. The van der Waals surface area contributed by atoms with Gasteiger partial charge in [0.25, 0.3) is 0 Å². The first-order valence-electron chi connectivity index (χ1n) is 10.1. The highest BCUT2D eigenvalue weighted by Gasteiger charge is 2.51. The molecule has 0 aromatic rings. The molecule has 2 aliphatic carbocycles. The molecule has 7 heteroatoms. The molecule has 2 fully saturated rings. The van der Waals surface area contributed by atoms with E-state index < -0.39 is 34.8 Å². The molecule has 0 bridgehead atoms. The average molecular weight is 404 g/mol. The molecule has 0 aliphatic heterocycles. The normalized spacial score (nSPS) is 25.0. The topological polar surface area (TPSA) is 123 Å². The second-order valence-electron chi connectivity index (χ2n) is 8.03. The molecule has 158 valence electrons. The minimum Gasteiger partial charge on any atom is -0.381 e. The lowest BCUT2D eigenvalue weighted by molar-refractivity contribution is -0.160. The minimum absolute atomic E-state index is 0.0267. The highest BCUT2D eigenvalue weighted by Crippen LogP contribution is 2.35. The Kier molecular flexibility index (Phi) is 7.16. The van der Waals surface area contributed by atoms with Gasteiger partial charge in [-0.1, -0.05) is 6.92 Å². The fourth-order valence-electron chi connectivity index (χ4n) is 4.31. The van der Waals surface area contributed by atoms with Crippen LogP contribution in [-0.4, -0.2) is 45.4 Å². The third-order valence-electron chi connectivity index (χ3n) is 6.25. The summed E-state index contributed by atoms with van der Waals surface area (Å²) in [5.41, 5.74) is -1.92. The zero-order valence-electron chi connectivity index (χ0n) is 17.2. The van der Waals surface area contributed by atoms with E-state index in [1.54, 1.807) is 6.92 Å². The van der Waals surface area contributed by atoms with Gasteiger partial charge in [0.1, 0.15) is 23.1 Å². The van der Waals surface area contributed by atoms with E-state index in [1.807, 2.05) is 0 Å². The maximum Gasteiger partial charge on any atom is 0.166 e. The van der Waals surface area contributed by atoms with Crippen molar-refractivity contribution in [3.05, 3.63) is 11.1 Å². The monoisotopic (exact) mass is 404 g/mol. The predicted molar refractivity (Wildman–Crippen MR) is 103 cm³/mol. The fraction of sp³-hybridized carbons (Fsp3) is 0.636. The van der Waals surface area contributed by atoms with E-state index in [0.717, 1.165) is 6.92 Å². The van der Waals surface area contributed by atoms with Crippen LogP contribution in [0.2, 0.25) is 0 Å². The Hall–Kier alpha value is -2.28. The lowest BCUT2D eigenvalue weighted by Crippen LogP contribution is -2.54. The number of hydrogen-bond acceptors (Lipinski definition) is 7. The van der Waals surface area contributed by atoms with E-state index in [4.69, 9.17) is 0 Å². The van der Waals surface area contributed by atoms with Gasteiger partial charge in [0.2, 0.25) is 0 Å². The van der Waals surface area contributed by atoms with Crippen LogP contribution in [0.3, 0.4) is 0 Å². The van der Waals surface area contributed by atoms with Crippen LogP contribution < -0.4 is 0 Å². The summed E-state index contributed by atoms with van der Waals surface area (Å²) >= 11 is 0. The maximum atomic E-state index is 12.9. The molecular formula is C22H28O7. The van der Waals surface area contributed by atoms with Gasteiger partial charge in [-0.05, 0) is 39.5 Å². The number of ketones is 6. The Morgan fingerprint density at radius 2 is 1.62 bits per heavy atom. The second-order valence-corrected chi connectivity index (χ2v) is 8.03. The number of Topliss-reactive ketones (excluding diaryl/α,β-unsaturated/α-hetero) is 6. The van der Waals surface area contributed by atoms with Gasteiger partial charge in [-0.2, -0.15) is 0 Å². The smallest absolute Gasteiger partial charge is 0.166 e. The first-order valence-corrected chi connectivity index (χ1v) is 10.1. The molecule has 0 aromatic heterocycles. The highest BCUT2D eigenvalue weighted by molar-refractivity contribution is 6.25. The zero-order valence-corrected chi connectivity index (χ0v) is 17.2. The molecule has 0 heterocycles. The summed E-state index contributed by atoms with van der Waals surface area (Å²) in [6.45, 7) is 4.16. The Labute approximate surface area is 169 Å². The van der Waals surface area contributed by atoms with Gasteiger partial charge in [-0.3, -0.25) is 28.8 Å². The summed E-state index contributed by atoms with van der Waals surface area (Å²) < 4.78 is 0. The quantitative estimate of drug-likeness (QED) is 0.390. The van der Waals surface area contributed by atoms with E-state index in [2.05, 4.69) is 0 Å². The second kappa shape index (κ2) is 9.03. The van der Waals surface area contributed by atoms with E-state index >= 15 is 0 Å². The summed E-state index contributed by atoms with van der Waals surface area (Å²) in [5.74, 6) is -4.63. The summed E-state index contributed by atoms with van der Waals surface area (Å²) in [5, 5.41) is 10.6. The molecule has 3 atom stereocenters. The molecule has 0 saturated heterocycles. The van der Waals surface area contributed by atoms with Crippen LogP contribution in [0.1, 0.15) is 72.1 Å². The number of hydrogen-bond donors (Lipinski definition) is 1. The molecule has 2 aliphatic rings. The summed E-state index contributed by atoms with van der Waals surface area (Å²) in [4.78, 5) is 73.7. The fourth-order valence-corrected chi connectivity index (χ4v) is 4.31. The van der Waals surface area contributed by atoms with Crippen molar-refractivity contribution in [1.82, 2.24) is 0 Å². The van der Waals surface area contributed by atoms with Gasteiger partial charge < -0.3 is 5.11 Å². The molecule has 2 saturated carbocycles. The number of aliphatic hydroxyl groups is 1. The van der Waals surface area contributed by atoms with Crippen LogP contribution in [0, 0.1) is 11.8 Å². The van der Waals surface area contributed by atoms with E-state index in [1.165, 1.54) is 6.92 Å². The number of carbonyl (C=O) groups excluding carboxylic acids is 6. The lowest BCUT2D eigenvalue weighted by atomic mass is 9.67. The van der Waals surface area contributed by atoms with Gasteiger partial charge in [-0.25, -0.2) is 0 Å². The SMILES string of the molecule is CCC(O)(C(C)=O)C1C(=O)CCC(CCC(=O)C(C)=C2C(=O)CCCC2=O)C1=O. The van der Waals surface area contributed by atoms with Crippen LogP contribution in [0.15, 0.2) is 11.1 Å². The van der Waals surface area contributed by atoms with Crippen molar-refractivity contribution < 1.29 is 33.9 Å². The van der Waals surface area contributed by atoms with Gasteiger partial charge in [0.05, 0.1) is 5.57 Å². The summed E-state index contributed by atoms with van der Waals surface area (Å²) in [7, 11) is 0. The molecule has 29 heavy (non-hydrogen) atoms. The molecule has 0 amide bonds. The molecule has 7 nitrogen and oxygen atoms in total. The van der Waals surface area contributed by atoms with Crippen LogP contribution >= 0.6 is 0 Å². The van der Waals surface area contributed by atoms with Crippen LogP contribution in [0.25, 0.3) is 0 Å². The third kappa shape index (κ3) is 4.50. The molecule has 0 aromatic carbocycles. The summed E-state index contributed by atoms with van der Waals surface area (Å²) in [6.07, 6.45) is 1.35. The Morgan fingerprint density at radius 1 is 1.03 bits per heavy atom. The maximum absolute atomic E-state index is 12.9. The van der Waals surface area contributed by atoms with Crippen molar-refractivity contribution in [2.24, 2.45) is 11.8 Å². The first kappa shape index (κ1) is 23.0. The average Bonchev–Trinajstić information content (AvgIpc) is 2.66. The Morgan fingerprint density at radius 3 is 2.14 bits per heavy atom. The Bertz CT molecular complexity index is 786. The molecule has 3 unspecified atom stereocenters. The summed E-state index contributed by atoms with van der Waals surface area (Å²) in [6, 6.07) is 0. The van der Waals surface area contributed by atoms with Crippen LogP contribution in [0.4, 0.5) is 0 Å². The Balaban J connectivity index is 2.14. The van der Waals surface area contributed by atoms with Crippen molar-refractivity contribution in [2.45, 2.75) is 77.7 Å². The van der Waals surface area contributed by atoms with Crippen molar-refractivity contribution in [2.75, 3.05) is 0 Å². The van der Waals surface area contributed by atoms with E-state index in [9.17, 15) is 33.9 Å². The van der Waals surface area contributed by atoms with Gasteiger partial charge >= 0.3 is 0 Å². The van der Waals surface area contributed by atoms with Gasteiger partial charge in [-0.15, -0.1) is 0 Å². The van der Waals surface area contributed by atoms with Crippen LogP contribution in [0.5, 0.6) is 0 Å². The molecule has 2 rings (SSSR count). The molecule has 0 radical (unpaired) electrons. The third-order valence-corrected chi connectivity index (χ3v) is 6.25. The van der Waals surface area contributed by atoms with Crippen LogP contribution in [-0.2, 0) is 28.8 Å². The molecule has 0 spiro atoms. The molecular weight excluding hydrogens is 376 g/mol. The van der Waals surface area contributed by atoms with Crippen molar-refractivity contribution >= 4 is 34.7 Å². The van der Waals surface area contributed by atoms with Gasteiger partial charge in [0, 0.05) is 37.2 Å². The zero-order chi connectivity index (χ0) is 21.9. The van der Waals surface area contributed by atoms with Crippen molar-refractivity contribution in [1.29, 1.82) is 0 Å². The number of allylic oxidation sites excluding steroid dienone is 2. The number of rotatable bonds is 7. The standard InChI is InChI=1S/C22H28O7/c1-4-22(29,13(3)23)20-18(27)11-9-14(21(20)28)8-10-15(24)12(2)19-16(25)6-5-7-17(19)26/h14,20,29H,4-11H2,1-3H3. The lowest BCUT2D eigenvalue weighted by Gasteiger charge is -2.36. The first-order chi connectivity index (χ1) is 13.5. The highest BCUT2D eigenvalue weighted by atomic mass is 16.3. The minimum atomic E-state index is -2.02.